The molecule has 104 valence electrons. The second-order valence-corrected chi connectivity index (χ2v) is 4.65. The van der Waals surface area contributed by atoms with E-state index < -0.39 is 5.41 Å². The maximum Gasteiger partial charge on any atom is 0.307 e. The number of amides is 1. The Bertz CT molecular complexity index is 327. The van der Waals surface area contributed by atoms with Crippen molar-refractivity contribution in [2.24, 2.45) is 11.1 Å². The van der Waals surface area contributed by atoms with Crippen LogP contribution in [0.3, 0.4) is 0 Å². The first kappa shape index (κ1) is 16.8. The zero-order chi connectivity index (χ0) is 14.3. The normalized spacial score (nSPS) is 10.9. The average Bonchev–Trinajstić information content (AvgIpc) is 2.36. The number of carbonyl (C=O) groups is 2. The van der Waals surface area contributed by atoms with Gasteiger partial charge in [-0.05, 0) is 12.8 Å². The van der Waals surface area contributed by atoms with E-state index in [1.807, 2.05) is 13.8 Å². The summed E-state index contributed by atoms with van der Waals surface area (Å²) in [7, 11) is 2.96. The first-order valence-corrected chi connectivity index (χ1v) is 6.38. The Morgan fingerprint density at radius 2 is 1.83 bits per heavy atom. The third-order valence-electron chi connectivity index (χ3n) is 3.31. The van der Waals surface area contributed by atoms with Crippen LogP contribution in [0.2, 0.25) is 0 Å². The van der Waals surface area contributed by atoms with Crippen molar-refractivity contribution in [3.8, 4) is 0 Å². The Hall–Kier alpha value is -1.17. The van der Waals surface area contributed by atoms with E-state index in [1.54, 1.807) is 7.05 Å². The van der Waals surface area contributed by atoms with Crippen molar-refractivity contribution in [1.82, 2.24) is 4.90 Å². The molecule has 5 nitrogen and oxygen atoms in total. The predicted octanol–water partition coefficient (Wildman–Crippen LogP) is 1.10. The molecule has 0 aromatic carbocycles. The van der Waals surface area contributed by atoms with Crippen molar-refractivity contribution >= 4 is 29.1 Å². The van der Waals surface area contributed by atoms with Crippen LogP contribution in [-0.2, 0) is 14.3 Å². The Morgan fingerprint density at radius 1 is 1.33 bits per heavy atom. The van der Waals surface area contributed by atoms with Gasteiger partial charge in [-0.15, -0.1) is 0 Å². The number of hydrogen-bond acceptors (Lipinski definition) is 4. The van der Waals surface area contributed by atoms with Crippen LogP contribution in [0.25, 0.3) is 0 Å². The minimum atomic E-state index is -0.805. The molecule has 2 N–H and O–H groups in total. The summed E-state index contributed by atoms with van der Waals surface area (Å²) in [6.45, 7) is 4.07. The van der Waals surface area contributed by atoms with Crippen LogP contribution in [0.4, 0.5) is 0 Å². The van der Waals surface area contributed by atoms with Crippen LogP contribution < -0.4 is 5.73 Å². The molecule has 18 heavy (non-hydrogen) atoms. The lowest BCUT2D eigenvalue weighted by Gasteiger charge is -2.33. The molecule has 0 fully saturated rings. The molecule has 0 aromatic rings. The van der Waals surface area contributed by atoms with Crippen molar-refractivity contribution in [3.05, 3.63) is 0 Å². The third-order valence-corrected chi connectivity index (χ3v) is 3.70. The van der Waals surface area contributed by atoms with E-state index in [-0.39, 0.29) is 23.3 Å². The average molecular weight is 274 g/mol. The number of ether oxygens (including phenoxy) is 1. The summed E-state index contributed by atoms with van der Waals surface area (Å²) in [4.78, 5) is 25.1. The molecule has 0 aromatic heterocycles. The number of carbonyl (C=O) groups excluding carboxylic acids is 2. The fraction of sp³-hybridized carbons (Fsp3) is 0.750. The lowest BCUT2D eigenvalue weighted by Crippen LogP contribution is -2.49. The maximum atomic E-state index is 12.4. The Kier molecular flexibility index (Phi) is 6.83. The highest BCUT2D eigenvalue weighted by Crippen LogP contribution is 2.29. The molecule has 0 aliphatic rings. The number of esters is 1. The monoisotopic (exact) mass is 274 g/mol. The minimum Gasteiger partial charge on any atom is -0.469 e. The Balaban J connectivity index is 4.78. The zero-order valence-electron chi connectivity index (χ0n) is 11.5. The van der Waals surface area contributed by atoms with Crippen LogP contribution in [0, 0.1) is 5.41 Å². The van der Waals surface area contributed by atoms with E-state index in [1.165, 1.54) is 12.0 Å². The van der Waals surface area contributed by atoms with Crippen LogP contribution in [0.1, 0.15) is 33.1 Å². The molecule has 0 saturated heterocycles. The van der Waals surface area contributed by atoms with Gasteiger partial charge in [-0.1, -0.05) is 26.1 Å². The van der Waals surface area contributed by atoms with Crippen molar-refractivity contribution in [3.63, 3.8) is 0 Å². The summed E-state index contributed by atoms with van der Waals surface area (Å²) in [6, 6.07) is 0. The van der Waals surface area contributed by atoms with Gasteiger partial charge in [0.15, 0.2) is 0 Å². The quantitative estimate of drug-likeness (QED) is 0.556. The molecule has 0 bridgehead atoms. The fourth-order valence-corrected chi connectivity index (χ4v) is 2.21. The Morgan fingerprint density at radius 3 is 2.17 bits per heavy atom. The largest absolute Gasteiger partial charge is 0.469 e. The molecule has 0 unspecified atom stereocenters. The van der Waals surface area contributed by atoms with E-state index in [4.69, 9.17) is 18.0 Å². The van der Waals surface area contributed by atoms with E-state index in [2.05, 4.69) is 4.74 Å². The van der Waals surface area contributed by atoms with Gasteiger partial charge < -0.3 is 15.4 Å². The molecule has 0 saturated carbocycles. The number of hydrogen-bond donors (Lipinski definition) is 1. The highest BCUT2D eigenvalue weighted by molar-refractivity contribution is 7.80. The van der Waals surface area contributed by atoms with Crippen LogP contribution in [-0.4, -0.2) is 42.5 Å². The van der Waals surface area contributed by atoms with E-state index in [0.717, 1.165) is 0 Å². The summed E-state index contributed by atoms with van der Waals surface area (Å²) in [5, 5.41) is 0. The van der Waals surface area contributed by atoms with Gasteiger partial charge in [-0.25, -0.2) is 0 Å². The van der Waals surface area contributed by atoms with Crippen molar-refractivity contribution < 1.29 is 14.3 Å². The zero-order valence-corrected chi connectivity index (χ0v) is 12.3. The van der Waals surface area contributed by atoms with Crippen LogP contribution in [0.5, 0.6) is 0 Å². The standard InChI is InChI=1S/C12H22N2O3S/c1-5-12(6-2,10(13)18)11(16)14(3)8-7-9(15)17-4/h5-8H2,1-4H3,(H2,13,18). The molecule has 6 heteroatoms. The molecule has 0 aliphatic carbocycles. The highest BCUT2D eigenvalue weighted by Gasteiger charge is 2.39. The molecule has 0 aliphatic heterocycles. The number of thiocarbonyl (C=S) groups is 1. The molecular weight excluding hydrogens is 252 g/mol. The van der Waals surface area contributed by atoms with Gasteiger partial charge >= 0.3 is 5.97 Å². The van der Waals surface area contributed by atoms with Crippen molar-refractivity contribution in [2.45, 2.75) is 33.1 Å². The van der Waals surface area contributed by atoms with Gasteiger partial charge in [0.2, 0.25) is 5.91 Å². The smallest absolute Gasteiger partial charge is 0.307 e. The molecule has 1 amide bonds. The topological polar surface area (TPSA) is 72.6 Å². The highest BCUT2D eigenvalue weighted by atomic mass is 32.1. The fourth-order valence-electron chi connectivity index (χ4n) is 1.83. The van der Waals surface area contributed by atoms with Crippen molar-refractivity contribution in [2.75, 3.05) is 20.7 Å². The van der Waals surface area contributed by atoms with Crippen molar-refractivity contribution in [1.29, 1.82) is 0 Å². The summed E-state index contributed by atoms with van der Waals surface area (Å²) in [5.41, 5.74) is 4.90. The lowest BCUT2D eigenvalue weighted by atomic mass is 9.81. The van der Waals surface area contributed by atoms with Gasteiger partial charge in [-0.3, -0.25) is 9.59 Å². The summed E-state index contributed by atoms with van der Waals surface area (Å²) in [5.74, 6) is -0.479. The van der Waals surface area contributed by atoms with E-state index in [9.17, 15) is 9.59 Å². The molecule has 0 atom stereocenters. The number of nitrogens with zero attached hydrogens (tertiary/aromatic N) is 1. The molecular formula is C12H22N2O3S. The molecule has 0 rings (SSSR count). The second kappa shape index (κ2) is 7.31. The SMILES string of the molecule is CCC(CC)(C(=O)N(C)CCC(=O)OC)C(N)=S. The molecule has 0 heterocycles. The third kappa shape index (κ3) is 3.66. The summed E-state index contributed by atoms with van der Waals surface area (Å²) < 4.78 is 4.54. The summed E-state index contributed by atoms with van der Waals surface area (Å²) >= 11 is 5.02. The molecule has 0 spiro atoms. The van der Waals surface area contributed by atoms with Crippen LogP contribution in [0.15, 0.2) is 0 Å². The first-order valence-electron chi connectivity index (χ1n) is 5.98. The Labute approximate surface area is 114 Å². The second-order valence-electron chi connectivity index (χ2n) is 4.21. The minimum absolute atomic E-state index is 0.135. The van der Waals surface area contributed by atoms with Gasteiger partial charge in [0, 0.05) is 13.6 Å². The molecule has 0 radical (unpaired) electrons. The van der Waals surface area contributed by atoms with E-state index >= 15 is 0 Å². The predicted molar refractivity (Wildman–Crippen MR) is 74.1 cm³/mol. The van der Waals surface area contributed by atoms with Crippen LogP contribution >= 0.6 is 12.2 Å². The number of rotatable bonds is 7. The maximum absolute atomic E-state index is 12.4. The van der Waals surface area contributed by atoms with E-state index in [0.29, 0.717) is 19.4 Å². The lowest BCUT2D eigenvalue weighted by molar-refractivity contribution is -0.142. The summed E-state index contributed by atoms with van der Waals surface area (Å²) in [6.07, 6.45) is 1.28. The number of nitrogens with two attached hydrogens (primary N) is 1. The van der Waals surface area contributed by atoms with Gasteiger partial charge in [-0.2, -0.15) is 0 Å². The first-order chi connectivity index (χ1) is 8.35. The number of methoxy groups -OCH3 is 1. The van der Waals surface area contributed by atoms with Gasteiger partial charge in [0.1, 0.15) is 0 Å². The van der Waals surface area contributed by atoms with Gasteiger partial charge in [0.05, 0.1) is 23.9 Å². The van der Waals surface area contributed by atoms with Gasteiger partial charge in [0.25, 0.3) is 0 Å².